The van der Waals surface area contributed by atoms with Crippen LogP contribution in [0.4, 0.5) is 0 Å². The molecule has 1 aromatic carbocycles. The number of hydrazine groups is 1. The molecule has 0 radical (unpaired) electrons. The van der Waals surface area contributed by atoms with E-state index < -0.39 is 0 Å². The maximum absolute atomic E-state index is 5.58. The average Bonchev–Trinajstić information content (AvgIpc) is 2.93. The number of hydrogen-bond acceptors (Lipinski definition) is 2. The lowest BCUT2D eigenvalue weighted by molar-refractivity contribution is 0.495. The van der Waals surface area contributed by atoms with Crippen molar-refractivity contribution >= 4 is 15.9 Å². The first-order chi connectivity index (χ1) is 6.72. The van der Waals surface area contributed by atoms with Crippen LogP contribution in [0, 0.1) is 12.8 Å². The predicted octanol–water partition coefficient (Wildman–Crippen LogP) is 2.67. The number of hydrogen-bond donors (Lipinski definition) is 2. The summed E-state index contributed by atoms with van der Waals surface area (Å²) >= 11 is 3.59. The van der Waals surface area contributed by atoms with Crippen molar-refractivity contribution in [3.05, 3.63) is 33.8 Å². The second-order valence-corrected chi connectivity index (χ2v) is 4.86. The maximum Gasteiger partial charge on any atom is 0.0499 e. The van der Waals surface area contributed by atoms with Crippen LogP contribution in [0.2, 0.25) is 0 Å². The van der Waals surface area contributed by atoms with Crippen LogP contribution in [-0.2, 0) is 0 Å². The smallest absolute Gasteiger partial charge is 0.0499 e. The van der Waals surface area contributed by atoms with E-state index in [1.165, 1.54) is 24.0 Å². The largest absolute Gasteiger partial charge is 0.271 e. The Morgan fingerprint density at radius 3 is 2.71 bits per heavy atom. The molecule has 3 N–H and O–H groups in total. The summed E-state index contributed by atoms with van der Waals surface area (Å²) in [5.41, 5.74) is 5.46. The van der Waals surface area contributed by atoms with E-state index in [2.05, 4.69) is 46.5 Å². The van der Waals surface area contributed by atoms with Gasteiger partial charge in [-0.3, -0.25) is 11.3 Å². The molecule has 76 valence electrons. The first-order valence-electron chi connectivity index (χ1n) is 4.94. The third kappa shape index (κ3) is 2.00. The molecule has 1 aliphatic carbocycles. The third-order valence-electron chi connectivity index (χ3n) is 2.76. The summed E-state index contributed by atoms with van der Waals surface area (Å²) in [5, 5.41) is 0. The fraction of sp³-hybridized carbons (Fsp3) is 0.455. The summed E-state index contributed by atoms with van der Waals surface area (Å²) in [7, 11) is 0. The quantitative estimate of drug-likeness (QED) is 0.643. The van der Waals surface area contributed by atoms with Crippen molar-refractivity contribution in [3.63, 3.8) is 0 Å². The lowest BCUT2D eigenvalue weighted by Crippen LogP contribution is -2.29. The van der Waals surface area contributed by atoms with Gasteiger partial charge in [0, 0.05) is 10.5 Å². The Kier molecular flexibility index (Phi) is 2.91. The van der Waals surface area contributed by atoms with E-state index in [1.54, 1.807) is 0 Å². The minimum atomic E-state index is 0.310. The predicted molar refractivity (Wildman–Crippen MR) is 61.7 cm³/mol. The monoisotopic (exact) mass is 254 g/mol. The molecular formula is C11H15BrN2. The Balaban J connectivity index is 2.29. The Labute approximate surface area is 93.0 Å². The van der Waals surface area contributed by atoms with E-state index in [-0.39, 0.29) is 0 Å². The van der Waals surface area contributed by atoms with Crippen molar-refractivity contribution in [2.24, 2.45) is 11.8 Å². The van der Waals surface area contributed by atoms with Gasteiger partial charge < -0.3 is 0 Å². The Bertz CT molecular complexity index is 334. The van der Waals surface area contributed by atoms with Gasteiger partial charge >= 0.3 is 0 Å². The van der Waals surface area contributed by atoms with Crippen molar-refractivity contribution in [3.8, 4) is 0 Å². The highest BCUT2D eigenvalue weighted by atomic mass is 79.9. The molecule has 0 amide bonds. The number of rotatable bonds is 3. The van der Waals surface area contributed by atoms with E-state index in [0.29, 0.717) is 6.04 Å². The van der Waals surface area contributed by atoms with Gasteiger partial charge in [-0.05, 0) is 42.9 Å². The Morgan fingerprint density at radius 1 is 1.50 bits per heavy atom. The molecule has 1 unspecified atom stereocenters. The SMILES string of the molecule is Cc1ccc(C(NN)C2CC2)c(Br)c1. The molecule has 0 heterocycles. The number of nitrogens with one attached hydrogen (secondary N) is 1. The average molecular weight is 255 g/mol. The molecule has 0 aliphatic heterocycles. The summed E-state index contributed by atoms with van der Waals surface area (Å²) < 4.78 is 1.16. The summed E-state index contributed by atoms with van der Waals surface area (Å²) in [5.74, 6) is 6.30. The molecule has 1 fully saturated rings. The minimum Gasteiger partial charge on any atom is -0.271 e. The number of benzene rings is 1. The van der Waals surface area contributed by atoms with Crippen LogP contribution < -0.4 is 11.3 Å². The topological polar surface area (TPSA) is 38.0 Å². The normalized spacial score (nSPS) is 18.2. The molecule has 0 saturated heterocycles. The zero-order valence-electron chi connectivity index (χ0n) is 8.26. The van der Waals surface area contributed by atoms with E-state index in [1.807, 2.05) is 0 Å². The molecule has 1 saturated carbocycles. The summed E-state index contributed by atoms with van der Waals surface area (Å²) in [6, 6.07) is 6.74. The van der Waals surface area contributed by atoms with E-state index in [9.17, 15) is 0 Å². The minimum absolute atomic E-state index is 0.310. The molecule has 0 spiro atoms. The zero-order chi connectivity index (χ0) is 10.1. The lowest BCUT2D eigenvalue weighted by Gasteiger charge is -2.17. The van der Waals surface area contributed by atoms with Crippen LogP contribution in [0.3, 0.4) is 0 Å². The summed E-state index contributed by atoms with van der Waals surface area (Å²) in [4.78, 5) is 0. The van der Waals surface area contributed by atoms with Crippen LogP contribution in [0.25, 0.3) is 0 Å². The van der Waals surface area contributed by atoms with Gasteiger partial charge in [-0.1, -0.05) is 28.1 Å². The fourth-order valence-corrected chi connectivity index (χ4v) is 2.53. The highest BCUT2D eigenvalue weighted by Crippen LogP contribution is 2.42. The van der Waals surface area contributed by atoms with Crippen LogP contribution in [0.1, 0.15) is 30.0 Å². The van der Waals surface area contributed by atoms with Crippen LogP contribution >= 0.6 is 15.9 Å². The van der Waals surface area contributed by atoms with Crippen LogP contribution in [0.15, 0.2) is 22.7 Å². The molecule has 14 heavy (non-hydrogen) atoms. The first-order valence-corrected chi connectivity index (χ1v) is 5.74. The van der Waals surface area contributed by atoms with Gasteiger partial charge in [0.2, 0.25) is 0 Å². The van der Waals surface area contributed by atoms with E-state index in [4.69, 9.17) is 5.84 Å². The molecule has 2 rings (SSSR count). The highest BCUT2D eigenvalue weighted by molar-refractivity contribution is 9.10. The van der Waals surface area contributed by atoms with Crippen molar-refractivity contribution < 1.29 is 0 Å². The lowest BCUT2D eigenvalue weighted by atomic mass is 10.0. The summed E-state index contributed by atoms with van der Waals surface area (Å²) in [6.07, 6.45) is 2.57. The second kappa shape index (κ2) is 4.01. The Morgan fingerprint density at radius 2 is 2.21 bits per heavy atom. The number of halogens is 1. The van der Waals surface area contributed by atoms with Gasteiger partial charge in [-0.25, -0.2) is 0 Å². The molecule has 3 heteroatoms. The third-order valence-corrected chi connectivity index (χ3v) is 3.45. The van der Waals surface area contributed by atoms with Crippen LogP contribution in [-0.4, -0.2) is 0 Å². The molecule has 0 aromatic heterocycles. The van der Waals surface area contributed by atoms with Crippen molar-refractivity contribution in [2.45, 2.75) is 25.8 Å². The molecule has 1 aromatic rings. The van der Waals surface area contributed by atoms with Gasteiger partial charge in [0.25, 0.3) is 0 Å². The summed E-state index contributed by atoms with van der Waals surface area (Å²) in [6.45, 7) is 2.09. The van der Waals surface area contributed by atoms with E-state index >= 15 is 0 Å². The van der Waals surface area contributed by atoms with E-state index in [0.717, 1.165) is 10.4 Å². The van der Waals surface area contributed by atoms with Crippen molar-refractivity contribution in [1.82, 2.24) is 5.43 Å². The molecule has 1 aliphatic rings. The van der Waals surface area contributed by atoms with Gasteiger partial charge in [0.05, 0.1) is 0 Å². The molecule has 0 bridgehead atoms. The first kappa shape index (κ1) is 10.1. The second-order valence-electron chi connectivity index (χ2n) is 4.01. The molecule has 2 nitrogen and oxygen atoms in total. The number of aryl methyl sites for hydroxylation is 1. The highest BCUT2D eigenvalue weighted by Gasteiger charge is 2.32. The fourth-order valence-electron chi connectivity index (χ4n) is 1.79. The van der Waals surface area contributed by atoms with Gasteiger partial charge in [-0.15, -0.1) is 0 Å². The zero-order valence-corrected chi connectivity index (χ0v) is 9.84. The van der Waals surface area contributed by atoms with Crippen molar-refractivity contribution in [2.75, 3.05) is 0 Å². The van der Waals surface area contributed by atoms with Crippen LogP contribution in [0.5, 0.6) is 0 Å². The number of nitrogens with two attached hydrogens (primary N) is 1. The van der Waals surface area contributed by atoms with Gasteiger partial charge in [0.1, 0.15) is 0 Å². The van der Waals surface area contributed by atoms with Gasteiger partial charge in [-0.2, -0.15) is 0 Å². The molecular weight excluding hydrogens is 240 g/mol. The maximum atomic E-state index is 5.58. The molecule has 1 atom stereocenters. The van der Waals surface area contributed by atoms with Crippen molar-refractivity contribution in [1.29, 1.82) is 0 Å². The standard InChI is InChI=1S/C11H15BrN2/c1-7-2-5-9(10(12)6-7)11(14-13)8-3-4-8/h2,5-6,8,11,14H,3-4,13H2,1H3. The Hall–Kier alpha value is -0.380. The van der Waals surface area contributed by atoms with Gasteiger partial charge in [0.15, 0.2) is 0 Å².